The van der Waals surface area contributed by atoms with Gasteiger partial charge in [-0.3, -0.25) is 9.69 Å². The van der Waals surface area contributed by atoms with E-state index in [4.69, 9.17) is 5.73 Å². The third-order valence-corrected chi connectivity index (χ3v) is 1.94. The Hall–Kier alpha value is -0.610. The lowest BCUT2D eigenvalue weighted by atomic mass is 10.2. The Morgan fingerprint density at radius 1 is 1.42 bits per heavy atom. The molecule has 0 saturated carbocycles. The summed E-state index contributed by atoms with van der Waals surface area (Å²) in [6.07, 6.45) is 0. The van der Waals surface area contributed by atoms with Gasteiger partial charge >= 0.3 is 0 Å². The first-order chi connectivity index (χ1) is 5.50. The van der Waals surface area contributed by atoms with Crippen molar-refractivity contribution in [1.82, 2.24) is 9.80 Å². The van der Waals surface area contributed by atoms with Crippen LogP contribution in [0.2, 0.25) is 0 Å². The number of amides is 1. The number of nitrogens with zero attached hydrogens (tertiary/aromatic N) is 2. The highest BCUT2D eigenvalue weighted by Gasteiger charge is 2.18. The topological polar surface area (TPSA) is 49.6 Å². The van der Waals surface area contributed by atoms with Crippen LogP contribution in [0, 0.1) is 0 Å². The third kappa shape index (κ3) is 3.19. The van der Waals surface area contributed by atoms with Crippen LogP contribution in [0.1, 0.15) is 6.92 Å². The normalized spacial score (nSPS) is 13.2. The molecule has 0 radical (unpaired) electrons. The number of hydrogen-bond donors (Lipinski definition) is 1. The molecule has 0 heterocycles. The smallest absolute Gasteiger partial charge is 0.239 e. The molecule has 0 fully saturated rings. The molecule has 12 heavy (non-hydrogen) atoms. The average molecular weight is 173 g/mol. The van der Waals surface area contributed by atoms with Crippen molar-refractivity contribution in [2.75, 3.05) is 34.2 Å². The van der Waals surface area contributed by atoms with Gasteiger partial charge in [0.05, 0.1) is 6.04 Å². The fourth-order valence-electron chi connectivity index (χ4n) is 0.959. The molecule has 1 amide bonds. The van der Waals surface area contributed by atoms with E-state index in [0.717, 1.165) is 6.54 Å². The molecular formula is C8H19N3O. The van der Waals surface area contributed by atoms with Crippen LogP contribution in [-0.4, -0.2) is 56.0 Å². The summed E-state index contributed by atoms with van der Waals surface area (Å²) in [6.45, 7) is 3.22. The number of rotatable bonds is 4. The SMILES string of the molecule is CC(C(=O)N(C)C)N(C)CCN. The van der Waals surface area contributed by atoms with E-state index in [2.05, 4.69) is 0 Å². The first-order valence-electron chi connectivity index (χ1n) is 4.12. The van der Waals surface area contributed by atoms with Crippen LogP contribution in [0.5, 0.6) is 0 Å². The summed E-state index contributed by atoms with van der Waals surface area (Å²) >= 11 is 0. The van der Waals surface area contributed by atoms with Crippen LogP contribution in [0.25, 0.3) is 0 Å². The molecule has 2 N–H and O–H groups in total. The zero-order valence-electron chi connectivity index (χ0n) is 8.37. The van der Waals surface area contributed by atoms with Gasteiger partial charge in [0.1, 0.15) is 0 Å². The lowest BCUT2D eigenvalue weighted by Gasteiger charge is -2.25. The van der Waals surface area contributed by atoms with Crippen molar-refractivity contribution in [1.29, 1.82) is 0 Å². The Balaban J connectivity index is 4.00. The summed E-state index contributed by atoms with van der Waals surface area (Å²) in [6, 6.07) is -0.0800. The zero-order valence-corrected chi connectivity index (χ0v) is 8.37. The molecule has 0 aliphatic rings. The number of carbonyl (C=O) groups is 1. The maximum Gasteiger partial charge on any atom is 0.239 e. The van der Waals surface area contributed by atoms with Crippen molar-refractivity contribution >= 4 is 5.91 Å². The molecule has 0 aliphatic carbocycles. The van der Waals surface area contributed by atoms with Crippen molar-refractivity contribution in [2.24, 2.45) is 5.73 Å². The maximum atomic E-state index is 11.4. The summed E-state index contributed by atoms with van der Waals surface area (Å²) in [5, 5.41) is 0. The molecule has 1 unspecified atom stereocenters. The molecule has 0 aromatic rings. The molecule has 4 nitrogen and oxygen atoms in total. The minimum Gasteiger partial charge on any atom is -0.347 e. The Bertz CT molecular complexity index is 147. The van der Waals surface area contributed by atoms with Gasteiger partial charge in [0.25, 0.3) is 0 Å². The monoisotopic (exact) mass is 173 g/mol. The Labute approximate surface area is 74.3 Å². The second-order valence-electron chi connectivity index (χ2n) is 3.18. The van der Waals surface area contributed by atoms with Crippen molar-refractivity contribution < 1.29 is 4.79 Å². The summed E-state index contributed by atoms with van der Waals surface area (Å²) in [7, 11) is 5.42. The molecule has 0 aromatic carbocycles. The van der Waals surface area contributed by atoms with Gasteiger partial charge in [-0.25, -0.2) is 0 Å². The molecular weight excluding hydrogens is 154 g/mol. The first kappa shape index (κ1) is 11.4. The van der Waals surface area contributed by atoms with E-state index in [1.54, 1.807) is 19.0 Å². The van der Waals surface area contributed by atoms with Crippen molar-refractivity contribution in [3.8, 4) is 0 Å². The van der Waals surface area contributed by atoms with Crippen molar-refractivity contribution in [3.05, 3.63) is 0 Å². The van der Waals surface area contributed by atoms with Gasteiger partial charge in [-0.05, 0) is 14.0 Å². The van der Waals surface area contributed by atoms with E-state index in [1.807, 2.05) is 18.9 Å². The highest BCUT2D eigenvalue weighted by atomic mass is 16.2. The second kappa shape index (κ2) is 5.11. The molecule has 0 bridgehead atoms. The zero-order chi connectivity index (χ0) is 9.72. The van der Waals surface area contributed by atoms with Gasteiger partial charge in [-0.15, -0.1) is 0 Å². The number of likely N-dealkylation sites (N-methyl/N-ethyl adjacent to an activating group) is 2. The summed E-state index contributed by atoms with van der Waals surface area (Å²) in [5.41, 5.74) is 5.38. The average Bonchev–Trinajstić information content (AvgIpc) is 2.02. The van der Waals surface area contributed by atoms with E-state index in [9.17, 15) is 4.79 Å². The lowest BCUT2D eigenvalue weighted by molar-refractivity contribution is -0.133. The number of hydrogen-bond acceptors (Lipinski definition) is 3. The molecule has 1 atom stereocenters. The Kier molecular flexibility index (Phi) is 4.85. The molecule has 4 heteroatoms. The van der Waals surface area contributed by atoms with Crippen LogP contribution in [0.3, 0.4) is 0 Å². The van der Waals surface area contributed by atoms with Crippen molar-refractivity contribution in [2.45, 2.75) is 13.0 Å². The van der Waals surface area contributed by atoms with E-state index >= 15 is 0 Å². The second-order valence-corrected chi connectivity index (χ2v) is 3.18. The minimum atomic E-state index is -0.0800. The van der Waals surface area contributed by atoms with Crippen LogP contribution in [0.4, 0.5) is 0 Å². The minimum absolute atomic E-state index is 0.0800. The third-order valence-electron chi connectivity index (χ3n) is 1.94. The van der Waals surface area contributed by atoms with Gasteiger partial charge < -0.3 is 10.6 Å². The quantitative estimate of drug-likeness (QED) is 0.615. The molecule has 0 saturated heterocycles. The van der Waals surface area contributed by atoms with Gasteiger partial charge in [0.2, 0.25) is 5.91 Å². The predicted octanol–water partition coefficient (Wildman–Crippen LogP) is -0.646. The Morgan fingerprint density at radius 2 is 1.92 bits per heavy atom. The van der Waals surface area contributed by atoms with E-state index in [-0.39, 0.29) is 11.9 Å². The molecule has 0 aliphatic heterocycles. The van der Waals surface area contributed by atoms with E-state index in [0.29, 0.717) is 6.54 Å². The fraction of sp³-hybridized carbons (Fsp3) is 0.875. The predicted molar refractivity (Wildman–Crippen MR) is 49.8 cm³/mol. The lowest BCUT2D eigenvalue weighted by Crippen LogP contribution is -2.44. The highest BCUT2D eigenvalue weighted by molar-refractivity contribution is 5.80. The number of carbonyl (C=O) groups excluding carboxylic acids is 1. The molecule has 0 aromatic heterocycles. The van der Waals surface area contributed by atoms with Crippen LogP contribution < -0.4 is 5.73 Å². The van der Waals surface area contributed by atoms with Crippen LogP contribution in [-0.2, 0) is 4.79 Å². The van der Waals surface area contributed by atoms with Gasteiger partial charge in [-0.1, -0.05) is 0 Å². The summed E-state index contributed by atoms with van der Waals surface area (Å²) in [5.74, 6) is 0.117. The fourth-order valence-corrected chi connectivity index (χ4v) is 0.959. The number of nitrogens with two attached hydrogens (primary N) is 1. The maximum absolute atomic E-state index is 11.4. The van der Waals surface area contributed by atoms with Crippen LogP contribution >= 0.6 is 0 Å². The first-order valence-corrected chi connectivity index (χ1v) is 4.12. The largest absolute Gasteiger partial charge is 0.347 e. The van der Waals surface area contributed by atoms with Gasteiger partial charge in [0, 0.05) is 27.2 Å². The van der Waals surface area contributed by atoms with Gasteiger partial charge in [-0.2, -0.15) is 0 Å². The Morgan fingerprint density at radius 3 is 2.25 bits per heavy atom. The molecule has 72 valence electrons. The van der Waals surface area contributed by atoms with Crippen LogP contribution in [0.15, 0.2) is 0 Å². The van der Waals surface area contributed by atoms with Crippen molar-refractivity contribution in [3.63, 3.8) is 0 Å². The summed E-state index contributed by atoms with van der Waals surface area (Å²) < 4.78 is 0. The highest BCUT2D eigenvalue weighted by Crippen LogP contribution is 1.97. The molecule has 0 spiro atoms. The van der Waals surface area contributed by atoms with Gasteiger partial charge in [0.15, 0.2) is 0 Å². The summed E-state index contributed by atoms with van der Waals surface area (Å²) in [4.78, 5) is 14.9. The molecule has 0 rings (SSSR count). The standard InChI is InChI=1S/C8H19N3O/c1-7(8(12)10(2)3)11(4)6-5-9/h7H,5-6,9H2,1-4H3. The van der Waals surface area contributed by atoms with E-state index < -0.39 is 0 Å². The van der Waals surface area contributed by atoms with E-state index in [1.165, 1.54) is 0 Å².